The molecule has 1 fully saturated rings. The zero-order valence-electron chi connectivity index (χ0n) is 13.3. The third-order valence-corrected chi connectivity index (χ3v) is 4.39. The molecule has 1 heterocycles. The molecule has 0 aliphatic carbocycles. The number of anilines is 2. The molecule has 1 saturated heterocycles. The molecule has 2 amide bonds. The van der Waals surface area contributed by atoms with Gasteiger partial charge in [0.2, 0.25) is 11.8 Å². The van der Waals surface area contributed by atoms with Crippen molar-refractivity contribution in [2.24, 2.45) is 0 Å². The van der Waals surface area contributed by atoms with Gasteiger partial charge in [-0.15, -0.1) is 0 Å². The molecule has 4 nitrogen and oxygen atoms in total. The Labute approximate surface area is 153 Å². The molecule has 0 spiro atoms. The molecular weight excluding hydrogens is 387 g/mol. The first kappa shape index (κ1) is 17.4. The summed E-state index contributed by atoms with van der Waals surface area (Å²) in [6, 6.07) is 11.6. The van der Waals surface area contributed by atoms with E-state index in [-0.39, 0.29) is 11.8 Å². The molecule has 2 aromatic rings. The number of carbonyl (C=O) groups excluding carboxylic acids is 2. The van der Waals surface area contributed by atoms with E-state index < -0.39 is 5.82 Å². The van der Waals surface area contributed by atoms with Gasteiger partial charge in [0.05, 0.1) is 0 Å². The van der Waals surface area contributed by atoms with Crippen molar-refractivity contribution in [3.05, 3.63) is 64.4 Å². The maximum atomic E-state index is 13.6. The monoisotopic (exact) mass is 402 g/mol. The SMILES string of the molecule is O=C(/C=C/c1cc(Br)ccc1F)Nc1ccc(N2CCCC2=O)cc1. The minimum Gasteiger partial charge on any atom is -0.323 e. The first-order valence-electron chi connectivity index (χ1n) is 7.87. The molecule has 0 aromatic heterocycles. The van der Waals surface area contributed by atoms with Crippen LogP contribution in [0, 0.1) is 5.82 Å². The van der Waals surface area contributed by atoms with Crippen molar-refractivity contribution in [3.8, 4) is 0 Å². The van der Waals surface area contributed by atoms with Gasteiger partial charge in [-0.2, -0.15) is 0 Å². The standard InChI is InChI=1S/C19H16BrFN2O2/c20-14-4-9-17(21)13(12-14)3-10-18(24)22-15-5-7-16(8-6-15)23-11-1-2-19(23)25/h3-10,12H,1-2,11H2,(H,22,24)/b10-3+. The second-order valence-corrected chi connectivity index (χ2v) is 6.60. The molecule has 0 radical (unpaired) electrons. The minimum absolute atomic E-state index is 0.121. The van der Waals surface area contributed by atoms with E-state index in [4.69, 9.17) is 0 Å². The number of benzene rings is 2. The number of halogens is 2. The van der Waals surface area contributed by atoms with Gasteiger partial charge in [-0.3, -0.25) is 9.59 Å². The van der Waals surface area contributed by atoms with E-state index in [2.05, 4.69) is 21.2 Å². The first-order chi connectivity index (χ1) is 12.0. The van der Waals surface area contributed by atoms with Gasteiger partial charge >= 0.3 is 0 Å². The Morgan fingerprint density at radius 3 is 2.64 bits per heavy atom. The molecule has 1 aliphatic rings. The Bertz CT molecular complexity index is 834. The van der Waals surface area contributed by atoms with Gasteiger partial charge in [0.25, 0.3) is 0 Å². The fourth-order valence-electron chi connectivity index (χ4n) is 2.64. The summed E-state index contributed by atoms with van der Waals surface area (Å²) in [7, 11) is 0. The molecule has 1 aliphatic heterocycles. The van der Waals surface area contributed by atoms with E-state index in [1.165, 1.54) is 18.2 Å². The second-order valence-electron chi connectivity index (χ2n) is 5.68. The summed E-state index contributed by atoms with van der Waals surface area (Å²) in [6.45, 7) is 0.728. The maximum absolute atomic E-state index is 13.6. The van der Waals surface area contributed by atoms with E-state index >= 15 is 0 Å². The first-order valence-corrected chi connectivity index (χ1v) is 8.67. The highest BCUT2D eigenvalue weighted by atomic mass is 79.9. The summed E-state index contributed by atoms with van der Waals surface area (Å²) in [5, 5.41) is 2.71. The summed E-state index contributed by atoms with van der Waals surface area (Å²) in [5.74, 6) is -0.632. The van der Waals surface area contributed by atoms with Gasteiger partial charge in [0, 0.05) is 40.5 Å². The van der Waals surface area contributed by atoms with Gasteiger partial charge in [-0.05, 0) is 55.0 Å². The fraction of sp³-hybridized carbons (Fsp3) is 0.158. The fourth-order valence-corrected chi connectivity index (χ4v) is 3.02. The number of nitrogens with zero attached hydrogens (tertiary/aromatic N) is 1. The van der Waals surface area contributed by atoms with Gasteiger partial charge in [-0.25, -0.2) is 4.39 Å². The number of hydrogen-bond acceptors (Lipinski definition) is 2. The van der Waals surface area contributed by atoms with E-state index in [9.17, 15) is 14.0 Å². The molecule has 0 atom stereocenters. The third-order valence-electron chi connectivity index (χ3n) is 3.89. The zero-order chi connectivity index (χ0) is 17.8. The summed E-state index contributed by atoms with van der Waals surface area (Å²) < 4.78 is 14.4. The van der Waals surface area contributed by atoms with Crippen LogP contribution in [0.5, 0.6) is 0 Å². The molecule has 1 N–H and O–H groups in total. The van der Waals surface area contributed by atoms with Crippen LogP contribution in [0.4, 0.5) is 15.8 Å². The zero-order valence-corrected chi connectivity index (χ0v) is 14.9. The summed E-state index contributed by atoms with van der Waals surface area (Å²) in [6.07, 6.45) is 4.15. The van der Waals surface area contributed by atoms with Crippen LogP contribution in [-0.2, 0) is 9.59 Å². The van der Waals surface area contributed by atoms with Crippen LogP contribution in [0.2, 0.25) is 0 Å². The lowest BCUT2D eigenvalue weighted by Crippen LogP contribution is -2.23. The van der Waals surface area contributed by atoms with Crippen LogP contribution in [0.1, 0.15) is 18.4 Å². The molecule has 2 aromatic carbocycles. The maximum Gasteiger partial charge on any atom is 0.248 e. The predicted molar refractivity (Wildman–Crippen MR) is 99.8 cm³/mol. The smallest absolute Gasteiger partial charge is 0.248 e. The van der Waals surface area contributed by atoms with Gasteiger partial charge in [-0.1, -0.05) is 15.9 Å². The van der Waals surface area contributed by atoms with E-state index in [1.807, 2.05) is 0 Å². The Morgan fingerprint density at radius 1 is 1.20 bits per heavy atom. The average molecular weight is 403 g/mol. The number of nitrogens with one attached hydrogen (secondary N) is 1. The average Bonchev–Trinajstić information content (AvgIpc) is 3.02. The highest BCUT2D eigenvalue weighted by Gasteiger charge is 2.21. The Morgan fingerprint density at radius 2 is 1.96 bits per heavy atom. The molecular formula is C19H16BrFN2O2. The molecule has 3 rings (SSSR count). The van der Waals surface area contributed by atoms with Crippen LogP contribution in [0.3, 0.4) is 0 Å². The van der Waals surface area contributed by atoms with Crippen molar-refractivity contribution in [2.45, 2.75) is 12.8 Å². The van der Waals surface area contributed by atoms with Crippen molar-refractivity contribution in [3.63, 3.8) is 0 Å². The lowest BCUT2D eigenvalue weighted by atomic mass is 10.2. The lowest BCUT2D eigenvalue weighted by Gasteiger charge is -2.15. The van der Waals surface area contributed by atoms with Crippen LogP contribution in [0.25, 0.3) is 6.08 Å². The number of carbonyl (C=O) groups is 2. The molecule has 25 heavy (non-hydrogen) atoms. The van der Waals surface area contributed by atoms with Crippen molar-refractivity contribution in [1.82, 2.24) is 0 Å². The Kier molecular flexibility index (Phi) is 5.28. The molecule has 0 bridgehead atoms. The van der Waals surface area contributed by atoms with Gasteiger partial charge in [0.1, 0.15) is 5.82 Å². The van der Waals surface area contributed by atoms with Crippen LogP contribution in [0.15, 0.2) is 53.0 Å². The van der Waals surface area contributed by atoms with Crippen molar-refractivity contribution < 1.29 is 14.0 Å². The predicted octanol–water partition coefficient (Wildman–Crippen LogP) is 4.37. The lowest BCUT2D eigenvalue weighted by molar-refractivity contribution is -0.117. The highest BCUT2D eigenvalue weighted by Crippen LogP contribution is 2.23. The summed E-state index contributed by atoms with van der Waals surface area (Å²) in [4.78, 5) is 25.4. The van der Waals surface area contributed by atoms with Crippen molar-refractivity contribution >= 4 is 45.2 Å². The van der Waals surface area contributed by atoms with Crippen molar-refractivity contribution in [1.29, 1.82) is 0 Å². The number of rotatable bonds is 4. The number of hydrogen-bond donors (Lipinski definition) is 1. The number of amides is 2. The molecule has 0 saturated carbocycles. The van der Waals surface area contributed by atoms with Crippen molar-refractivity contribution in [2.75, 3.05) is 16.8 Å². The minimum atomic E-state index is -0.396. The molecule has 128 valence electrons. The van der Waals surface area contributed by atoms with E-state index in [0.717, 1.165) is 23.1 Å². The van der Waals surface area contributed by atoms with Gasteiger partial charge in [0.15, 0.2) is 0 Å². The molecule has 0 unspecified atom stereocenters. The van der Waals surface area contributed by atoms with Crippen LogP contribution in [-0.4, -0.2) is 18.4 Å². The van der Waals surface area contributed by atoms with E-state index in [0.29, 0.717) is 17.7 Å². The van der Waals surface area contributed by atoms with Gasteiger partial charge < -0.3 is 10.2 Å². The second kappa shape index (κ2) is 7.61. The summed E-state index contributed by atoms with van der Waals surface area (Å²) >= 11 is 3.27. The van der Waals surface area contributed by atoms with Crippen LogP contribution >= 0.6 is 15.9 Å². The third kappa shape index (κ3) is 4.33. The quantitative estimate of drug-likeness (QED) is 0.771. The Hall–Kier alpha value is -2.47. The molecule has 6 heteroatoms. The largest absolute Gasteiger partial charge is 0.323 e. The normalized spacial score (nSPS) is 14.3. The van der Waals surface area contributed by atoms with E-state index in [1.54, 1.807) is 41.3 Å². The summed E-state index contributed by atoms with van der Waals surface area (Å²) in [5.41, 5.74) is 1.76. The van der Waals surface area contributed by atoms with Crippen LogP contribution < -0.4 is 10.2 Å². The topological polar surface area (TPSA) is 49.4 Å². The highest BCUT2D eigenvalue weighted by molar-refractivity contribution is 9.10. The Balaban J connectivity index is 1.64.